The number of carboxylic acid groups (broad SMARTS) is 4. The summed E-state index contributed by atoms with van der Waals surface area (Å²) < 4.78 is 0. The van der Waals surface area contributed by atoms with Gasteiger partial charge in [0.15, 0.2) is 0 Å². The fraction of sp³-hybridized carbons (Fsp3) is 0. The normalized spacial score (nSPS) is 10.9. The number of fused-ring (bicyclic) bond motifs is 3. The van der Waals surface area contributed by atoms with Crippen LogP contribution < -0.4 is 0 Å². The van der Waals surface area contributed by atoms with Crippen molar-refractivity contribution in [1.29, 1.82) is 0 Å². The molecule has 0 atom stereocenters. The standard InChI is InChI=1S/C16H9NO8/c18-13(19)5-1-7-11-8(15(22)23)2-6(14(20)21)4-10(11)17-12(7)9(3-5)16(24)25/h1-4,17H,(H,18,19)(H,20,21)(H,22,23)(H,24,25). The molecule has 0 amide bonds. The van der Waals surface area contributed by atoms with Crippen molar-refractivity contribution >= 4 is 45.7 Å². The van der Waals surface area contributed by atoms with E-state index in [1.54, 1.807) is 0 Å². The molecule has 126 valence electrons. The Balaban J connectivity index is 2.57. The minimum Gasteiger partial charge on any atom is -0.478 e. The van der Waals surface area contributed by atoms with E-state index in [1.165, 1.54) is 0 Å². The van der Waals surface area contributed by atoms with Crippen LogP contribution in [0.5, 0.6) is 0 Å². The van der Waals surface area contributed by atoms with Crippen LogP contribution in [0.3, 0.4) is 0 Å². The van der Waals surface area contributed by atoms with E-state index < -0.39 is 23.9 Å². The molecular formula is C16H9NO8. The van der Waals surface area contributed by atoms with E-state index in [9.17, 15) is 29.4 Å². The molecular weight excluding hydrogens is 334 g/mol. The molecule has 0 radical (unpaired) electrons. The van der Waals surface area contributed by atoms with Crippen molar-refractivity contribution in [3.63, 3.8) is 0 Å². The summed E-state index contributed by atoms with van der Waals surface area (Å²) in [6.07, 6.45) is 0. The summed E-state index contributed by atoms with van der Waals surface area (Å²) in [5.74, 6) is -5.56. The van der Waals surface area contributed by atoms with Crippen LogP contribution in [0.25, 0.3) is 21.8 Å². The topological polar surface area (TPSA) is 165 Å². The van der Waals surface area contributed by atoms with Crippen LogP contribution in [0, 0.1) is 0 Å². The van der Waals surface area contributed by atoms with Crippen molar-refractivity contribution in [2.45, 2.75) is 0 Å². The first-order valence-electron chi connectivity index (χ1n) is 6.77. The average molecular weight is 343 g/mol. The summed E-state index contributed by atoms with van der Waals surface area (Å²) in [6.45, 7) is 0. The van der Waals surface area contributed by atoms with Gasteiger partial charge in [0.05, 0.1) is 27.8 Å². The lowest BCUT2D eigenvalue weighted by molar-refractivity contribution is 0.0678. The summed E-state index contributed by atoms with van der Waals surface area (Å²) in [5, 5.41) is 37.1. The minimum absolute atomic E-state index is 0.0116. The first kappa shape index (κ1) is 16.0. The van der Waals surface area contributed by atoms with Gasteiger partial charge < -0.3 is 25.4 Å². The highest BCUT2D eigenvalue weighted by molar-refractivity contribution is 6.21. The maximum absolute atomic E-state index is 11.5. The number of aromatic carboxylic acids is 4. The number of carbonyl (C=O) groups is 4. The Morgan fingerprint density at radius 3 is 1.72 bits per heavy atom. The third kappa shape index (κ3) is 2.43. The van der Waals surface area contributed by atoms with Crippen molar-refractivity contribution < 1.29 is 39.6 Å². The van der Waals surface area contributed by atoms with Gasteiger partial charge in [0.2, 0.25) is 0 Å². The van der Waals surface area contributed by atoms with E-state index in [2.05, 4.69) is 4.98 Å². The maximum atomic E-state index is 11.5. The average Bonchev–Trinajstić information content (AvgIpc) is 2.90. The highest BCUT2D eigenvalue weighted by atomic mass is 16.4. The number of nitrogens with one attached hydrogen (secondary N) is 1. The van der Waals surface area contributed by atoms with Crippen molar-refractivity contribution in [3.8, 4) is 0 Å². The molecule has 0 saturated heterocycles. The molecule has 0 bridgehead atoms. The Morgan fingerprint density at radius 1 is 0.680 bits per heavy atom. The van der Waals surface area contributed by atoms with Crippen LogP contribution in [0.1, 0.15) is 41.4 Å². The fourth-order valence-corrected chi connectivity index (χ4v) is 2.72. The fourth-order valence-electron chi connectivity index (χ4n) is 2.72. The first-order valence-corrected chi connectivity index (χ1v) is 6.77. The Hall–Kier alpha value is -3.88. The second-order valence-electron chi connectivity index (χ2n) is 5.24. The van der Waals surface area contributed by atoms with Gasteiger partial charge in [-0.2, -0.15) is 0 Å². The second-order valence-corrected chi connectivity index (χ2v) is 5.24. The third-order valence-electron chi connectivity index (χ3n) is 3.76. The van der Waals surface area contributed by atoms with Gasteiger partial charge in [0.25, 0.3) is 0 Å². The summed E-state index contributed by atoms with van der Waals surface area (Å²) in [7, 11) is 0. The number of hydrogen-bond donors (Lipinski definition) is 5. The molecule has 3 rings (SSSR count). The highest BCUT2D eigenvalue weighted by Crippen LogP contribution is 2.33. The predicted molar refractivity (Wildman–Crippen MR) is 83.6 cm³/mol. The van der Waals surface area contributed by atoms with Gasteiger partial charge in [-0.25, -0.2) is 19.2 Å². The molecule has 0 saturated carbocycles. The number of aromatic amines is 1. The number of hydrogen-bond acceptors (Lipinski definition) is 4. The minimum atomic E-state index is -1.42. The molecule has 9 heteroatoms. The lowest BCUT2D eigenvalue weighted by Gasteiger charge is -2.03. The van der Waals surface area contributed by atoms with Gasteiger partial charge >= 0.3 is 23.9 Å². The summed E-state index contributed by atoms with van der Waals surface area (Å²) in [5.41, 5.74) is -1.27. The molecule has 0 aliphatic rings. The van der Waals surface area contributed by atoms with Gasteiger partial charge in [0, 0.05) is 16.3 Å². The molecule has 1 heterocycles. The maximum Gasteiger partial charge on any atom is 0.337 e. The lowest BCUT2D eigenvalue weighted by Crippen LogP contribution is -2.04. The van der Waals surface area contributed by atoms with E-state index in [0.717, 1.165) is 24.3 Å². The predicted octanol–water partition coefficient (Wildman–Crippen LogP) is 2.11. The lowest BCUT2D eigenvalue weighted by atomic mass is 10.00. The van der Waals surface area contributed by atoms with Crippen molar-refractivity contribution in [2.75, 3.05) is 0 Å². The van der Waals surface area contributed by atoms with E-state index in [-0.39, 0.29) is 44.1 Å². The van der Waals surface area contributed by atoms with Crippen molar-refractivity contribution in [1.82, 2.24) is 4.98 Å². The van der Waals surface area contributed by atoms with Gasteiger partial charge in [-0.15, -0.1) is 0 Å². The van der Waals surface area contributed by atoms with E-state index in [0.29, 0.717) is 0 Å². The van der Waals surface area contributed by atoms with E-state index >= 15 is 0 Å². The van der Waals surface area contributed by atoms with Crippen LogP contribution in [-0.4, -0.2) is 49.3 Å². The number of rotatable bonds is 4. The Labute approximate surface area is 137 Å². The zero-order chi connectivity index (χ0) is 18.5. The summed E-state index contributed by atoms with van der Waals surface area (Å²) in [6, 6.07) is 4.20. The molecule has 5 N–H and O–H groups in total. The SMILES string of the molecule is O=C(O)c1cc(C(=O)O)c2c(c1)[nH]c1c(C(=O)O)cc(C(=O)O)cc12. The molecule has 0 spiro atoms. The van der Waals surface area contributed by atoms with Gasteiger partial charge in [0.1, 0.15) is 0 Å². The number of aromatic nitrogens is 1. The Kier molecular flexibility index (Phi) is 3.42. The molecule has 2 aromatic carbocycles. The third-order valence-corrected chi connectivity index (χ3v) is 3.76. The smallest absolute Gasteiger partial charge is 0.337 e. The number of benzene rings is 2. The van der Waals surface area contributed by atoms with Crippen molar-refractivity contribution in [2.24, 2.45) is 0 Å². The van der Waals surface area contributed by atoms with Crippen LogP contribution in [0.15, 0.2) is 24.3 Å². The van der Waals surface area contributed by atoms with Crippen LogP contribution in [0.2, 0.25) is 0 Å². The zero-order valence-corrected chi connectivity index (χ0v) is 12.2. The van der Waals surface area contributed by atoms with Gasteiger partial charge in [-0.3, -0.25) is 0 Å². The molecule has 25 heavy (non-hydrogen) atoms. The number of H-pyrrole nitrogens is 1. The van der Waals surface area contributed by atoms with Crippen LogP contribution in [-0.2, 0) is 0 Å². The van der Waals surface area contributed by atoms with E-state index in [4.69, 9.17) is 10.2 Å². The molecule has 0 unspecified atom stereocenters. The summed E-state index contributed by atoms with van der Waals surface area (Å²) in [4.78, 5) is 48.1. The van der Waals surface area contributed by atoms with Gasteiger partial charge in [-0.1, -0.05) is 0 Å². The molecule has 9 nitrogen and oxygen atoms in total. The Bertz CT molecular complexity index is 1110. The molecule has 3 aromatic rings. The molecule has 0 aliphatic heterocycles. The summed E-state index contributed by atoms with van der Waals surface area (Å²) >= 11 is 0. The molecule has 0 fully saturated rings. The van der Waals surface area contributed by atoms with Crippen LogP contribution >= 0.6 is 0 Å². The largest absolute Gasteiger partial charge is 0.478 e. The van der Waals surface area contributed by atoms with E-state index in [1.807, 2.05) is 0 Å². The highest BCUT2D eigenvalue weighted by Gasteiger charge is 2.22. The monoisotopic (exact) mass is 343 g/mol. The Morgan fingerprint density at radius 2 is 1.20 bits per heavy atom. The number of carboxylic acids is 4. The van der Waals surface area contributed by atoms with Gasteiger partial charge in [-0.05, 0) is 24.3 Å². The zero-order valence-electron chi connectivity index (χ0n) is 12.2. The van der Waals surface area contributed by atoms with Crippen LogP contribution in [0.4, 0.5) is 0 Å². The van der Waals surface area contributed by atoms with Crippen molar-refractivity contribution in [3.05, 3.63) is 46.5 Å². The molecule has 1 aromatic heterocycles. The molecule has 0 aliphatic carbocycles. The quantitative estimate of drug-likeness (QED) is 0.480. The first-order chi connectivity index (χ1) is 11.7. The second kappa shape index (κ2) is 5.34.